The number of rotatable bonds is 11. The second-order valence-electron chi connectivity index (χ2n) is 5.14. The van der Waals surface area contributed by atoms with Crippen LogP contribution in [0.1, 0.15) is 51.4 Å². The molecule has 5 nitrogen and oxygen atoms in total. The molecule has 1 rings (SSSR count). The fourth-order valence-electron chi connectivity index (χ4n) is 2.00. The van der Waals surface area contributed by atoms with Crippen LogP contribution in [0.5, 0.6) is 0 Å². The number of anilines is 2. The van der Waals surface area contributed by atoms with Gasteiger partial charge in [0.2, 0.25) is 0 Å². The van der Waals surface area contributed by atoms with Crippen LogP contribution < -0.4 is 10.6 Å². The van der Waals surface area contributed by atoms with Gasteiger partial charge in [0, 0.05) is 31.7 Å². The van der Waals surface area contributed by atoms with E-state index in [9.17, 15) is 0 Å². The van der Waals surface area contributed by atoms with Crippen molar-refractivity contribution in [1.82, 2.24) is 9.97 Å². The van der Waals surface area contributed by atoms with Crippen molar-refractivity contribution >= 4 is 11.6 Å². The molecule has 0 amide bonds. The monoisotopic (exact) mass is 294 g/mol. The summed E-state index contributed by atoms with van der Waals surface area (Å²) in [6.07, 6.45) is 4.25. The molecular formula is C16H30N4O. The number of nitrogens with zero attached hydrogens (tertiary/aromatic N) is 2. The molecule has 0 fully saturated rings. The molecule has 1 aromatic heterocycles. The third-order valence-electron chi connectivity index (χ3n) is 3.19. The lowest BCUT2D eigenvalue weighted by molar-refractivity contribution is 0.141. The normalized spacial score (nSPS) is 10.7. The zero-order valence-electron chi connectivity index (χ0n) is 14.0. The third-order valence-corrected chi connectivity index (χ3v) is 3.19. The van der Waals surface area contributed by atoms with Crippen LogP contribution in [0.2, 0.25) is 0 Å². The first-order valence-electron chi connectivity index (χ1n) is 8.15. The molecule has 0 atom stereocenters. The van der Waals surface area contributed by atoms with Crippen molar-refractivity contribution in [2.75, 3.05) is 36.9 Å². The van der Waals surface area contributed by atoms with Crippen LogP contribution in [0.25, 0.3) is 0 Å². The largest absolute Gasteiger partial charge is 0.380 e. The standard InChI is InChI=1S/C16H30N4O/c1-5-8-11-21-12-10-18-16-13(4)15(17-7-3)19-14(20-16)9-6-2/h5-12H2,1-4H3,(H2,17,18,19,20). The average Bonchev–Trinajstić information content (AvgIpc) is 2.47. The van der Waals surface area contributed by atoms with Crippen molar-refractivity contribution < 1.29 is 4.74 Å². The van der Waals surface area contributed by atoms with Crippen LogP contribution in [-0.2, 0) is 11.2 Å². The van der Waals surface area contributed by atoms with Gasteiger partial charge in [-0.25, -0.2) is 9.97 Å². The van der Waals surface area contributed by atoms with Crippen LogP contribution >= 0.6 is 0 Å². The predicted molar refractivity (Wildman–Crippen MR) is 89.1 cm³/mol. The fourth-order valence-corrected chi connectivity index (χ4v) is 2.00. The minimum Gasteiger partial charge on any atom is -0.380 e. The van der Waals surface area contributed by atoms with Gasteiger partial charge in [-0.3, -0.25) is 0 Å². The SMILES string of the molecule is CCCCOCCNc1nc(CCC)nc(NCC)c1C. The maximum Gasteiger partial charge on any atom is 0.134 e. The van der Waals surface area contributed by atoms with Gasteiger partial charge in [-0.05, 0) is 26.7 Å². The molecule has 0 saturated heterocycles. The molecule has 0 aromatic carbocycles. The van der Waals surface area contributed by atoms with Gasteiger partial charge in [-0.1, -0.05) is 20.3 Å². The average molecular weight is 294 g/mol. The zero-order chi connectivity index (χ0) is 15.5. The summed E-state index contributed by atoms with van der Waals surface area (Å²) < 4.78 is 5.57. The Morgan fingerprint density at radius 1 is 0.952 bits per heavy atom. The number of hydrogen-bond acceptors (Lipinski definition) is 5. The number of unbranched alkanes of at least 4 members (excludes halogenated alkanes) is 1. The van der Waals surface area contributed by atoms with Gasteiger partial charge >= 0.3 is 0 Å². The van der Waals surface area contributed by atoms with Crippen LogP contribution in [0.15, 0.2) is 0 Å². The summed E-state index contributed by atoms with van der Waals surface area (Å²) >= 11 is 0. The molecule has 0 unspecified atom stereocenters. The van der Waals surface area contributed by atoms with E-state index in [1.54, 1.807) is 0 Å². The van der Waals surface area contributed by atoms with Gasteiger partial charge in [-0.15, -0.1) is 0 Å². The Balaban J connectivity index is 2.61. The first-order chi connectivity index (χ1) is 10.2. The van der Waals surface area contributed by atoms with Gasteiger partial charge < -0.3 is 15.4 Å². The summed E-state index contributed by atoms with van der Waals surface area (Å²) in [5.74, 6) is 2.75. The van der Waals surface area contributed by atoms with Crippen LogP contribution in [0.3, 0.4) is 0 Å². The molecule has 0 saturated carbocycles. The summed E-state index contributed by atoms with van der Waals surface area (Å²) in [5, 5.41) is 6.68. The minimum atomic E-state index is 0.711. The van der Waals surface area contributed by atoms with E-state index in [1.807, 2.05) is 6.92 Å². The summed E-state index contributed by atoms with van der Waals surface area (Å²) in [4.78, 5) is 9.21. The smallest absolute Gasteiger partial charge is 0.134 e. The van der Waals surface area contributed by atoms with Crippen molar-refractivity contribution in [3.05, 3.63) is 11.4 Å². The second kappa shape index (κ2) is 10.4. The predicted octanol–water partition coefficient (Wildman–Crippen LogP) is 3.40. The van der Waals surface area contributed by atoms with Crippen molar-refractivity contribution in [2.45, 2.75) is 53.4 Å². The third kappa shape index (κ3) is 6.29. The van der Waals surface area contributed by atoms with Gasteiger partial charge in [0.15, 0.2) is 0 Å². The van der Waals surface area contributed by atoms with Crippen LogP contribution in [0.4, 0.5) is 11.6 Å². The summed E-state index contributed by atoms with van der Waals surface area (Å²) in [5.41, 5.74) is 1.07. The maximum atomic E-state index is 5.57. The lowest BCUT2D eigenvalue weighted by atomic mass is 10.2. The molecule has 0 aliphatic rings. The van der Waals surface area contributed by atoms with E-state index in [4.69, 9.17) is 4.74 Å². The number of ether oxygens (including phenoxy) is 1. The quantitative estimate of drug-likeness (QED) is 0.613. The Bertz CT molecular complexity index is 410. The molecule has 0 radical (unpaired) electrons. The van der Waals surface area contributed by atoms with Gasteiger partial charge in [0.05, 0.1) is 6.61 Å². The van der Waals surface area contributed by atoms with E-state index in [1.165, 1.54) is 6.42 Å². The van der Waals surface area contributed by atoms with E-state index in [-0.39, 0.29) is 0 Å². The Morgan fingerprint density at radius 2 is 1.67 bits per heavy atom. The molecule has 0 aliphatic heterocycles. The van der Waals surface area contributed by atoms with Crippen molar-refractivity contribution in [1.29, 1.82) is 0 Å². The molecule has 1 heterocycles. The lowest BCUT2D eigenvalue weighted by Crippen LogP contribution is -2.15. The number of aromatic nitrogens is 2. The molecular weight excluding hydrogens is 264 g/mol. The molecule has 21 heavy (non-hydrogen) atoms. The van der Waals surface area contributed by atoms with Gasteiger partial charge in [-0.2, -0.15) is 0 Å². The number of hydrogen-bond donors (Lipinski definition) is 2. The van der Waals surface area contributed by atoms with E-state index in [0.29, 0.717) is 6.61 Å². The zero-order valence-corrected chi connectivity index (χ0v) is 14.0. The fraction of sp³-hybridized carbons (Fsp3) is 0.750. The Hall–Kier alpha value is -1.36. The highest BCUT2D eigenvalue weighted by atomic mass is 16.5. The van der Waals surface area contributed by atoms with E-state index in [0.717, 1.165) is 62.0 Å². The van der Waals surface area contributed by atoms with E-state index < -0.39 is 0 Å². The Kier molecular flexibility index (Phi) is 8.74. The number of aryl methyl sites for hydroxylation is 1. The topological polar surface area (TPSA) is 59.1 Å². The highest BCUT2D eigenvalue weighted by Gasteiger charge is 2.09. The molecule has 0 aliphatic carbocycles. The molecule has 5 heteroatoms. The van der Waals surface area contributed by atoms with Crippen LogP contribution in [0, 0.1) is 6.92 Å². The maximum absolute atomic E-state index is 5.57. The van der Waals surface area contributed by atoms with Crippen LogP contribution in [-0.4, -0.2) is 36.3 Å². The highest BCUT2D eigenvalue weighted by Crippen LogP contribution is 2.20. The Labute approximate surface area is 128 Å². The molecule has 0 spiro atoms. The number of nitrogens with one attached hydrogen (secondary N) is 2. The lowest BCUT2D eigenvalue weighted by Gasteiger charge is -2.14. The highest BCUT2D eigenvalue weighted by molar-refractivity contribution is 5.57. The van der Waals surface area contributed by atoms with Gasteiger partial charge in [0.25, 0.3) is 0 Å². The second-order valence-corrected chi connectivity index (χ2v) is 5.14. The molecule has 1 aromatic rings. The summed E-state index contributed by atoms with van der Waals surface area (Å²) in [6, 6.07) is 0. The summed E-state index contributed by atoms with van der Waals surface area (Å²) in [6.45, 7) is 11.6. The minimum absolute atomic E-state index is 0.711. The Morgan fingerprint density at radius 3 is 2.29 bits per heavy atom. The van der Waals surface area contributed by atoms with Crippen molar-refractivity contribution in [3.8, 4) is 0 Å². The van der Waals surface area contributed by atoms with Crippen molar-refractivity contribution in [3.63, 3.8) is 0 Å². The van der Waals surface area contributed by atoms with Crippen molar-refractivity contribution in [2.24, 2.45) is 0 Å². The van der Waals surface area contributed by atoms with E-state index in [2.05, 4.69) is 41.4 Å². The molecule has 0 bridgehead atoms. The van der Waals surface area contributed by atoms with E-state index >= 15 is 0 Å². The molecule has 120 valence electrons. The summed E-state index contributed by atoms with van der Waals surface area (Å²) in [7, 11) is 0. The van der Waals surface area contributed by atoms with Gasteiger partial charge in [0.1, 0.15) is 17.5 Å². The first-order valence-corrected chi connectivity index (χ1v) is 8.15. The molecule has 2 N–H and O–H groups in total. The first kappa shape index (κ1) is 17.7.